The van der Waals surface area contributed by atoms with Gasteiger partial charge in [0.15, 0.2) is 0 Å². The second kappa shape index (κ2) is 8.02. The molecule has 0 saturated carbocycles. The number of aromatic nitrogens is 2. The third kappa shape index (κ3) is 4.58. The number of alkyl halides is 3. The lowest BCUT2D eigenvalue weighted by atomic mass is 10.3. The van der Waals surface area contributed by atoms with Crippen LogP contribution >= 0.6 is 23.2 Å². The Hall–Kier alpha value is -0.390. The zero-order valence-electron chi connectivity index (χ0n) is 11.2. The molecule has 0 aromatic carbocycles. The normalized spacial score (nSPS) is 11.8. The van der Waals surface area contributed by atoms with Gasteiger partial charge in [0, 0.05) is 25.5 Å². The average Bonchev–Trinajstić information content (AvgIpc) is 2.66. The van der Waals surface area contributed by atoms with Crippen molar-refractivity contribution in [1.29, 1.82) is 0 Å². The Labute approximate surface area is 122 Å². The Morgan fingerprint density at radius 2 is 2.05 bits per heavy atom. The summed E-state index contributed by atoms with van der Waals surface area (Å²) in [5.41, 5.74) is 1.59. The van der Waals surface area contributed by atoms with Crippen molar-refractivity contribution in [1.82, 2.24) is 14.7 Å². The van der Waals surface area contributed by atoms with E-state index >= 15 is 0 Å². The van der Waals surface area contributed by atoms with Gasteiger partial charge in [0.2, 0.25) is 0 Å². The van der Waals surface area contributed by atoms with Crippen LogP contribution in [0.25, 0.3) is 0 Å². The molecule has 0 atom stereocenters. The molecule has 0 unspecified atom stereocenters. The van der Waals surface area contributed by atoms with Gasteiger partial charge in [-0.05, 0) is 13.3 Å². The van der Waals surface area contributed by atoms with Crippen LogP contribution in [0.3, 0.4) is 0 Å². The molecule has 1 aromatic heterocycles. The van der Waals surface area contributed by atoms with Crippen LogP contribution in [-0.4, -0.2) is 40.1 Å². The summed E-state index contributed by atoms with van der Waals surface area (Å²) in [6.45, 7) is 5.02. The molecule has 0 fully saturated rings. The quantitative estimate of drug-likeness (QED) is 0.686. The van der Waals surface area contributed by atoms with E-state index in [1.165, 1.54) is 0 Å². The van der Waals surface area contributed by atoms with E-state index in [0.717, 1.165) is 17.8 Å². The molecule has 0 saturated heterocycles. The van der Waals surface area contributed by atoms with E-state index in [2.05, 4.69) is 5.10 Å². The van der Waals surface area contributed by atoms with E-state index in [1.807, 2.05) is 13.8 Å². The number of hydrogen-bond donors (Lipinski definition) is 0. The predicted octanol–water partition coefficient (Wildman–Crippen LogP) is 3.42. The molecule has 0 spiro atoms. The van der Waals surface area contributed by atoms with Gasteiger partial charge in [-0.25, -0.2) is 8.78 Å². The van der Waals surface area contributed by atoms with E-state index < -0.39 is 6.43 Å². The first kappa shape index (κ1) is 16.7. The fraction of sp³-hybridized carbons (Fsp3) is 0.750. The molecular formula is C12H19Cl2F2N3. The molecule has 0 aliphatic rings. The molecule has 7 heteroatoms. The maximum absolute atomic E-state index is 12.5. The Balaban J connectivity index is 2.91. The molecule has 0 radical (unpaired) electrons. The Morgan fingerprint density at radius 3 is 2.53 bits per heavy atom. The first-order valence-corrected chi connectivity index (χ1v) is 7.25. The monoisotopic (exact) mass is 313 g/mol. The molecule has 1 heterocycles. The predicted molar refractivity (Wildman–Crippen MR) is 74.3 cm³/mol. The Kier molecular flexibility index (Phi) is 7.04. The van der Waals surface area contributed by atoms with Gasteiger partial charge in [0.05, 0.1) is 23.0 Å². The second-order valence-electron chi connectivity index (χ2n) is 4.19. The Morgan fingerprint density at radius 1 is 1.37 bits per heavy atom. The summed E-state index contributed by atoms with van der Waals surface area (Å²) >= 11 is 11.9. The van der Waals surface area contributed by atoms with Crippen LogP contribution in [0.4, 0.5) is 8.78 Å². The molecule has 1 rings (SSSR count). The number of hydrogen-bond acceptors (Lipinski definition) is 2. The van der Waals surface area contributed by atoms with Crippen molar-refractivity contribution >= 4 is 23.2 Å². The number of aryl methyl sites for hydroxylation is 2. The maximum Gasteiger partial charge on any atom is 0.251 e. The average molecular weight is 314 g/mol. The lowest BCUT2D eigenvalue weighted by Crippen LogP contribution is -2.31. The first-order valence-electron chi connectivity index (χ1n) is 6.33. The standard InChI is InChI=1S/C12H19Cl2F2N3/c1-3-9-12(14)10(19(4-2)17-9)7-18(6-5-13)8-11(15)16/h11H,3-8H2,1-2H3. The number of nitrogens with zero attached hydrogens (tertiary/aromatic N) is 3. The molecule has 0 bridgehead atoms. The zero-order chi connectivity index (χ0) is 14.4. The Bertz CT molecular complexity index is 397. The topological polar surface area (TPSA) is 21.1 Å². The van der Waals surface area contributed by atoms with Crippen LogP contribution in [0.1, 0.15) is 25.2 Å². The first-order chi connectivity index (χ1) is 9.03. The fourth-order valence-corrected chi connectivity index (χ4v) is 2.50. The van der Waals surface area contributed by atoms with Crippen LogP contribution < -0.4 is 0 Å². The van der Waals surface area contributed by atoms with Gasteiger partial charge in [-0.2, -0.15) is 5.10 Å². The highest BCUT2D eigenvalue weighted by atomic mass is 35.5. The van der Waals surface area contributed by atoms with Crippen LogP contribution in [0.5, 0.6) is 0 Å². The minimum absolute atomic E-state index is 0.306. The van der Waals surface area contributed by atoms with Crippen LogP contribution in [-0.2, 0) is 19.5 Å². The molecule has 0 amide bonds. The molecule has 1 aromatic rings. The van der Waals surface area contributed by atoms with Crippen molar-refractivity contribution in [3.8, 4) is 0 Å². The molecule has 110 valence electrons. The number of rotatable bonds is 8. The molecular weight excluding hydrogens is 295 g/mol. The molecule has 0 N–H and O–H groups in total. The summed E-state index contributed by atoms with van der Waals surface area (Å²) in [6, 6.07) is 0. The lowest BCUT2D eigenvalue weighted by molar-refractivity contribution is 0.0866. The third-order valence-electron chi connectivity index (χ3n) is 2.86. The summed E-state index contributed by atoms with van der Waals surface area (Å²) in [4.78, 5) is 1.60. The summed E-state index contributed by atoms with van der Waals surface area (Å²) in [5, 5.41) is 4.96. The minimum atomic E-state index is -2.38. The van der Waals surface area contributed by atoms with Crippen molar-refractivity contribution in [2.45, 2.75) is 39.8 Å². The smallest absolute Gasteiger partial charge is 0.251 e. The van der Waals surface area contributed by atoms with Crippen LogP contribution in [0.2, 0.25) is 5.02 Å². The van der Waals surface area contributed by atoms with Crippen molar-refractivity contribution in [3.63, 3.8) is 0 Å². The highest BCUT2D eigenvalue weighted by Gasteiger charge is 2.19. The van der Waals surface area contributed by atoms with Gasteiger partial charge in [-0.3, -0.25) is 9.58 Å². The van der Waals surface area contributed by atoms with Crippen molar-refractivity contribution < 1.29 is 8.78 Å². The highest BCUT2D eigenvalue weighted by molar-refractivity contribution is 6.31. The van der Waals surface area contributed by atoms with Crippen LogP contribution in [0, 0.1) is 0 Å². The van der Waals surface area contributed by atoms with E-state index in [9.17, 15) is 8.78 Å². The molecule has 3 nitrogen and oxygen atoms in total. The van der Waals surface area contributed by atoms with Crippen molar-refractivity contribution in [2.24, 2.45) is 0 Å². The summed E-state index contributed by atoms with van der Waals surface area (Å²) in [7, 11) is 0. The van der Waals surface area contributed by atoms with Gasteiger partial charge in [-0.1, -0.05) is 18.5 Å². The van der Waals surface area contributed by atoms with Crippen molar-refractivity contribution in [2.75, 3.05) is 19.0 Å². The molecule has 19 heavy (non-hydrogen) atoms. The third-order valence-corrected chi connectivity index (χ3v) is 3.47. The summed E-state index contributed by atoms with van der Waals surface area (Å²) < 4.78 is 26.8. The second-order valence-corrected chi connectivity index (χ2v) is 4.95. The fourth-order valence-electron chi connectivity index (χ4n) is 1.93. The molecule has 0 aliphatic heterocycles. The van der Waals surface area contributed by atoms with Crippen LogP contribution in [0.15, 0.2) is 0 Å². The van der Waals surface area contributed by atoms with E-state index in [4.69, 9.17) is 23.2 Å². The summed E-state index contributed by atoms with van der Waals surface area (Å²) in [6.07, 6.45) is -1.66. The van der Waals surface area contributed by atoms with E-state index in [0.29, 0.717) is 30.5 Å². The van der Waals surface area contributed by atoms with Gasteiger partial charge < -0.3 is 0 Å². The van der Waals surface area contributed by atoms with Gasteiger partial charge >= 0.3 is 0 Å². The van der Waals surface area contributed by atoms with E-state index in [-0.39, 0.29) is 6.54 Å². The van der Waals surface area contributed by atoms with Gasteiger partial charge in [-0.15, -0.1) is 11.6 Å². The minimum Gasteiger partial charge on any atom is -0.291 e. The SMILES string of the molecule is CCc1nn(CC)c(CN(CCCl)CC(F)F)c1Cl. The van der Waals surface area contributed by atoms with Gasteiger partial charge in [0.25, 0.3) is 6.43 Å². The zero-order valence-corrected chi connectivity index (χ0v) is 12.7. The van der Waals surface area contributed by atoms with Crippen molar-refractivity contribution in [3.05, 3.63) is 16.4 Å². The largest absolute Gasteiger partial charge is 0.291 e. The van der Waals surface area contributed by atoms with E-state index in [1.54, 1.807) is 9.58 Å². The summed E-state index contributed by atoms with van der Waals surface area (Å²) in [5.74, 6) is 0.311. The lowest BCUT2D eigenvalue weighted by Gasteiger charge is -2.21. The highest BCUT2D eigenvalue weighted by Crippen LogP contribution is 2.23. The number of halogens is 4. The molecule has 0 aliphatic carbocycles. The van der Waals surface area contributed by atoms with Gasteiger partial charge in [0.1, 0.15) is 0 Å². The maximum atomic E-state index is 12.5.